The summed E-state index contributed by atoms with van der Waals surface area (Å²) in [6.07, 6.45) is -1.35. The summed E-state index contributed by atoms with van der Waals surface area (Å²) in [4.78, 5) is 23.8. The van der Waals surface area contributed by atoms with E-state index in [-0.39, 0.29) is 22.9 Å². The van der Waals surface area contributed by atoms with E-state index in [2.05, 4.69) is 10.0 Å². The van der Waals surface area contributed by atoms with Crippen LogP contribution in [0.25, 0.3) is 0 Å². The number of benzene rings is 1. The third kappa shape index (κ3) is 6.12. The largest absolute Gasteiger partial charge is 0.452 e. The molecule has 0 saturated carbocycles. The van der Waals surface area contributed by atoms with Crippen molar-refractivity contribution in [1.29, 1.82) is 0 Å². The monoisotopic (exact) mass is 414 g/mol. The average molecular weight is 414 g/mol. The lowest BCUT2D eigenvalue weighted by atomic mass is 10.2. The highest BCUT2D eigenvalue weighted by molar-refractivity contribution is 7.91. The van der Waals surface area contributed by atoms with Crippen LogP contribution >= 0.6 is 11.3 Å². The highest BCUT2D eigenvalue weighted by Gasteiger charge is 2.19. The van der Waals surface area contributed by atoms with Crippen LogP contribution in [0, 0.1) is 12.7 Å². The van der Waals surface area contributed by atoms with Crippen LogP contribution in [0.1, 0.15) is 18.9 Å². The number of nitrogens with one attached hydrogen (secondary N) is 2. The molecule has 1 heterocycles. The Hall–Kier alpha value is -2.30. The molecule has 0 aliphatic heterocycles. The molecular weight excluding hydrogens is 395 g/mol. The Balaban J connectivity index is 1.79. The number of hydrogen-bond donors (Lipinski definition) is 2. The molecule has 0 bridgehead atoms. The van der Waals surface area contributed by atoms with Crippen LogP contribution in [0.15, 0.2) is 39.9 Å². The molecule has 7 nitrogen and oxygen atoms in total. The quantitative estimate of drug-likeness (QED) is 0.646. The van der Waals surface area contributed by atoms with Gasteiger partial charge in [0.05, 0.1) is 6.42 Å². The van der Waals surface area contributed by atoms with E-state index in [1.165, 1.54) is 31.2 Å². The minimum Gasteiger partial charge on any atom is -0.452 e. The Morgan fingerprint density at radius 2 is 2.04 bits per heavy atom. The van der Waals surface area contributed by atoms with Crippen LogP contribution < -0.4 is 10.0 Å². The molecule has 0 radical (unpaired) electrons. The topological polar surface area (TPSA) is 102 Å². The van der Waals surface area contributed by atoms with Crippen LogP contribution in [0.5, 0.6) is 0 Å². The molecule has 10 heteroatoms. The zero-order chi connectivity index (χ0) is 20.0. The summed E-state index contributed by atoms with van der Waals surface area (Å²) in [5.74, 6) is -1.82. The number of anilines is 1. The van der Waals surface area contributed by atoms with Gasteiger partial charge in [-0.05, 0) is 43.0 Å². The Kier molecular flexibility index (Phi) is 7.05. The average Bonchev–Trinajstić information content (AvgIpc) is 3.13. The molecule has 1 amide bonds. The van der Waals surface area contributed by atoms with Crippen LogP contribution in [-0.2, 0) is 24.3 Å². The van der Waals surface area contributed by atoms with Gasteiger partial charge in [-0.3, -0.25) is 9.59 Å². The van der Waals surface area contributed by atoms with Crippen LogP contribution in [0.4, 0.5) is 10.1 Å². The molecule has 2 rings (SSSR count). The van der Waals surface area contributed by atoms with Gasteiger partial charge < -0.3 is 10.1 Å². The first-order valence-electron chi connectivity index (χ1n) is 7.98. The number of rotatable bonds is 8. The molecule has 27 heavy (non-hydrogen) atoms. The minimum atomic E-state index is -3.66. The van der Waals surface area contributed by atoms with Gasteiger partial charge in [0.2, 0.25) is 10.0 Å². The Morgan fingerprint density at radius 1 is 1.30 bits per heavy atom. The molecule has 0 unspecified atom stereocenters. The second-order valence-electron chi connectivity index (χ2n) is 5.67. The zero-order valence-corrected chi connectivity index (χ0v) is 16.3. The summed E-state index contributed by atoms with van der Waals surface area (Å²) in [7, 11) is -3.66. The molecule has 0 spiro atoms. The van der Waals surface area contributed by atoms with Crippen molar-refractivity contribution in [2.75, 3.05) is 11.9 Å². The highest BCUT2D eigenvalue weighted by Crippen LogP contribution is 2.15. The number of halogens is 1. The van der Waals surface area contributed by atoms with Gasteiger partial charge in [-0.15, -0.1) is 11.3 Å². The fourth-order valence-electron chi connectivity index (χ4n) is 2.00. The predicted molar refractivity (Wildman–Crippen MR) is 99.4 cm³/mol. The van der Waals surface area contributed by atoms with Crippen LogP contribution in [-0.4, -0.2) is 32.9 Å². The summed E-state index contributed by atoms with van der Waals surface area (Å²) in [5, 5.41) is 4.08. The molecule has 2 aromatic rings. The second kappa shape index (κ2) is 9.07. The van der Waals surface area contributed by atoms with Crippen molar-refractivity contribution in [1.82, 2.24) is 4.72 Å². The van der Waals surface area contributed by atoms with E-state index >= 15 is 0 Å². The van der Waals surface area contributed by atoms with Crippen molar-refractivity contribution in [2.45, 2.75) is 30.6 Å². The fraction of sp³-hybridized carbons (Fsp3) is 0.294. The number of esters is 1. The lowest BCUT2D eigenvalue weighted by Crippen LogP contribution is -2.32. The smallest absolute Gasteiger partial charge is 0.307 e. The van der Waals surface area contributed by atoms with Gasteiger partial charge in [-0.1, -0.05) is 12.1 Å². The first kappa shape index (κ1) is 21.0. The van der Waals surface area contributed by atoms with E-state index in [0.717, 1.165) is 11.3 Å². The normalized spacial score (nSPS) is 12.4. The van der Waals surface area contributed by atoms with Gasteiger partial charge in [0.1, 0.15) is 10.0 Å². The van der Waals surface area contributed by atoms with Crippen LogP contribution in [0.3, 0.4) is 0 Å². The molecule has 0 aliphatic carbocycles. The maximum Gasteiger partial charge on any atom is 0.307 e. The minimum absolute atomic E-state index is 0.147. The SMILES string of the molecule is Cc1ccc(NC(=O)[C@H](C)OC(=O)CCNS(=O)(=O)c2cccs2)cc1F. The molecule has 1 atom stereocenters. The van der Waals surface area contributed by atoms with Crippen LogP contribution in [0.2, 0.25) is 0 Å². The Labute approximate surface area is 160 Å². The second-order valence-corrected chi connectivity index (χ2v) is 8.61. The number of amides is 1. The van der Waals surface area contributed by atoms with Crippen molar-refractivity contribution in [2.24, 2.45) is 0 Å². The summed E-state index contributed by atoms with van der Waals surface area (Å²) in [5.41, 5.74) is 0.687. The molecular formula is C17H19FN2O5S2. The lowest BCUT2D eigenvalue weighted by Gasteiger charge is -2.14. The summed E-state index contributed by atoms with van der Waals surface area (Å²) in [6, 6.07) is 7.27. The van der Waals surface area contributed by atoms with E-state index < -0.39 is 33.8 Å². The summed E-state index contributed by atoms with van der Waals surface area (Å²) in [6.45, 7) is 2.81. The standard InChI is InChI=1S/C17H19FN2O5S2/c1-11-5-6-13(10-14(11)18)20-17(22)12(2)25-15(21)7-8-19-27(23,24)16-4-3-9-26-16/h3-6,9-10,12,19H,7-8H2,1-2H3,(H,20,22)/t12-/m0/s1. The van der Waals surface area contributed by atoms with Gasteiger partial charge in [0.25, 0.3) is 5.91 Å². The molecule has 0 saturated heterocycles. The van der Waals surface area contributed by atoms with E-state index in [4.69, 9.17) is 4.74 Å². The number of carbonyl (C=O) groups is 2. The number of carbonyl (C=O) groups excluding carboxylic acids is 2. The number of aryl methyl sites for hydroxylation is 1. The van der Waals surface area contributed by atoms with E-state index in [1.54, 1.807) is 18.4 Å². The Morgan fingerprint density at radius 3 is 2.67 bits per heavy atom. The van der Waals surface area contributed by atoms with Crippen molar-refractivity contribution in [3.05, 3.63) is 47.1 Å². The molecule has 0 fully saturated rings. The first-order valence-corrected chi connectivity index (χ1v) is 10.3. The first-order chi connectivity index (χ1) is 12.7. The molecule has 1 aromatic heterocycles. The van der Waals surface area contributed by atoms with Gasteiger partial charge >= 0.3 is 5.97 Å². The third-order valence-corrected chi connectivity index (χ3v) is 6.36. The van der Waals surface area contributed by atoms with Gasteiger partial charge in [-0.25, -0.2) is 17.5 Å². The van der Waals surface area contributed by atoms with Gasteiger partial charge in [0, 0.05) is 12.2 Å². The maximum absolute atomic E-state index is 13.5. The third-order valence-electron chi connectivity index (χ3n) is 3.50. The van der Waals surface area contributed by atoms with Crippen molar-refractivity contribution in [3.8, 4) is 0 Å². The molecule has 0 aliphatic rings. The molecule has 1 aromatic carbocycles. The van der Waals surface area contributed by atoms with Crippen molar-refractivity contribution >= 4 is 38.9 Å². The van der Waals surface area contributed by atoms with Gasteiger partial charge in [0.15, 0.2) is 6.10 Å². The number of hydrogen-bond acceptors (Lipinski definition) is 6. The van der Waals surface area contributed by atoms with E-state index in [1.807, 2.05) is 0 Å². The predicted octanol–water partition coefficient (Wildman–Crippen LogP) is 2.43. The highest BCUT2D eigenvalue weighted by atomic mass is 32.2. The van der Waals surface area contributed by atoms with E-state index in [9.17, 15) is 22.4 Å². The number of ether oxygens (including phenoxy) is 1. The Bertz CT molecular complexity index is 913. The maximum atomic E-state index is 13.5. The van der Waals surface area contributed by atoms with E-state index in [0.29, 0.717) is 5.56 Å². The zero-order valence-electron chi connectivity index (χ0n) is 14.7. The van der Waals surface area contributed by atoms with Gasteiger partial charge in [-0.2, -0.15) is 0 Å². The molecule has 146 valence electrons. The van der Waals surface area contributed by atoms with Crippen molar-refractivity contribution in [3.63, 3.8) is 0 Å². The van der Waals surface area contributed by atoms with Crippen molar-refractivity contribution < 1.29 is 27.1 Å². The summed E-state index contributed by atoms with van der Waals surface area (Å²) < 4.78 is 44.7. The lowest BCUT2D eigenvalue weighted by molar-refractivity contribution is -0.152. The summed E-state index contributed by atoms with van der Waals surface area (Å²) >= 11 is 1.06. The number of sulfonamides is 1. The number of thiophene rings is 1. The molecule has 2 N–H and O–H groups in total. The fourth-order valence-corrected chi connectivity index (χ4v) is 4.07.